The lowest BCUT2D eigenvalue weighted by atomic mass is 9.95. The zero-order valence-electron chi connectivity index (χ0n) is 11.3. The molecule has 2 aliphatic rings. The molecule has 0 unspecified atom stereocenters. The van der Waals surface area contributed by atoms with E-state index in [1.54, 1.807) is 0 Å². The van der Waals surface area contributed by atoms with Crippen LogP contribution in [-0.2, 0) is 11.3 Å². The van der Waals surface area contributed by atoms with E-state index in [0.29, 0.717) is 11.9 Å². The Morgan fingerprint density at radius 3 is 2.42 bits per heavy atom. The van der Waals surface area contributed by atoms with Crippen LogP contribution >= 0.6 is 0 Å². The molecule has 0 spiro atoms. The number of benzene rings is 1. The second-order valence-electron chi connectivity index (χ2n) is 5.82. The molecule has 1 aliphatic carbocycles. The molecular formula is C16H22N2O. The first-order valence-electron chi connectivity index (χ1n) is 7.38. The fraction of sp³-hybridized carbons (Fsp3) is 0.562. The molecule has 1 N–H and O–H groups in total. The molecule has 19 heavy (non-hydrogen) atoms. The Morgan fingerprint density at radius 2 is 1.79 bits per heavy atom. The minimum Gasteiger partial charge on any atom is -0.353 e. The lowest BCUT2D eigenvalue weighted by molar-refractivity contribution is -0.126. The van der Waals surface area contributed by atoms with E-state index in [9.17, 15) is 4.79 Å². The van der Waals surface area contributed by atoms with Crippen LogP contribution in [0.2, 0.25) is 0 Å². The normalized spacial score (nSPS) is 21.3. The highest BCUT2D eigenvalue weighted by Crippen LogP contribution is 2.23. The van der Waals surface area contributed by atoms with Crippen molar-refractivity contribution in [3.05, 3.63) is 35.9 Å². The average Bonchev–Trinajstić information content (AvgIpc) is 3.25. The van der Waals surface area contributed by atoms with Crippen LogP contribution in [0.5, 0.6) is 0 Å². The average molecular weight is 258 g/mol. The van der Waals surface area contributed by atoms with Crippen molar-refractivity contribution in [1.29, 1.82) is 0 Å². The summed E-state index contributed by atoms with van der Waals surface area (Å²) in [5.74, 6) is 0.537. The number of hydrogen-bond acceptors (Lipinski definition) is 2. The van der Waals surface area contributed by atoms with Crippen molar-refractivity contribution in [2.45, 2.75) is 38.3 Å². The van der Waals surface area contributed by atoms with E-state index in [-0.39, 0.29) is 5.92 Å². The number of hydrogen-bond donors (Lipinski definition) is 1. The van der Waals surface area contributed by atoms with Crippen LogP contribution in [-0.4, -0.2) is 29.9 Å². The summed E-state index contributed by atoms with van der Waals surface area (Å²) in [6.07, 6.45) is 4.37. The molecule has 3 rings (SSSR count). The number of likely N-dealkylation sites (tertiary alicyclic amines) is 1. The molecule has 0 bridgehead atoms. The van der Waals surface area contributed by atoms with Crippen molar-refractivity contribution in [1.82, 2.24) is 10.2 Å². The molecule has 1 aliphatic heterocycles. The third kappa shape index (κ3) is 3.57. The summed E-state index contributed by atoms with van der Waals surface area (Å²) in [6, 6.07) is 11.1. The second-order valence-corrected chi connectivity index (χ2v) is 5.82. The number of carbonyl (C=O) groups is 1. The Hall–Kier alpha value is -1.35. The Bertz CT molecular complexity index is 420. The molecule has 1 saturated heterocycles. The first-order valence-corrected chi connectivity index (χ1v) is 7.38. The zero-order chi connectivity index (χ0) is 13.1. The number of nitrogens with one attached hydrogen (secondary N) is 1. The van der Waals surface area contributed by atoms with E-state index in [2.05, 4.69) is 40.5 Å². The quantitative estimate of drug-likeness (QED) is 0.897. The molecular weight excluding hydrogens is 236 g/mol. The lowest BCUT2D eigenvalue weighted by Gasteiger charge is -2.31. The predicted molar refractivity (Wildman–Crippen MR) is 75.6 cm³/mol. The second kappa shape index (κ2) is 5.74. The smallest absolute Gasteiger partial charge is 0.223 e. The molecule has 0 radical (unpaired) electrons. The summed E-state index contributed by atoms with van der Waals surface area (Å²) in [5.41, 5.74) is 1.36. The fourth-order valence-electron chi connectivity index (χ4n) is 2.74. The van der Waals surface area contributed by atoms with Gasteiger partial charge in [-0.1, -0.05) is 30.3 Å². The van der Waals surface area contributed by atoms with Crippen LogP contribution < -0.4 is 5.32 Å². The van der Waals surface area contributed by atoms with Crippen molar-refractivity contribution in [2.24, 2.45) is 5.92 Å². The topological polar surface area (TPSA) is 32.3 Å². The maximum absolute atomic E-state index is 12.0. The molecule has 1 heterocycles. The van der Waals surface area contributed by atoms with E-state index in [1.807, 2.05) is 0 Å². The summed E-state index contributed by atoms with van der Waals surface area (Å²) in [5, 5.41) is 3.13. The molecule has 3 nitrogen and oxygen atoms in total. The highest BCUT2D eigenvalue weighted by molar-refractivity contribution is 5.79. The molecule has 3 heteroatoms. The van der Waals surface area contributed by atoms with E-state index in [0.717, 1.165) is 32.5 Å². The maximum Gasteiger partial charge on any atom is 0.223 e. The molecule has 102 valence electrons. The molecule has 1 saturated carbocycles. The number of carbonyl (C=O) groups excluding carboxylic acids is 1. The SMILES string of the molecule is O=C(NC1CC1)C1CCN(Cc2ccccc2)CC1. The maximum atomic E-state index is 12.0. The Kier molecular flexibility index (Phi) is 3.83. The van der Waals surface area contributed by atoms with Crippen molar-refractivity contribution >= 4 is 5.91 Å². The van der Waals surface area contributed by atoms with Gasteiger partial charge in [0.05, 0.1) is 0 Å². The zero-order valence-corrected chi connectivity index (χ0v) is 11.3. The van der Waals surface area contributed by atoms with Crippen LogP contribution in [0.1, 0.15) is 31.2 Å². The minimum atomic E-state index is 0.243. The predicted octanol–water partition coefficient (Wildman–Crippen LogP) is 2.18. The van der Waals surface area contributed by atoms with Gasteiger partial charge in [0.25, 0.3) is 0 Å². The van der Waals surface area contributed by atoms with Crippen LogP contribution in [0, 0.1) is 5.92 Å². The summed E-state index contributed by atoms with van der Waals surface area (Å²) >= 11 is 0. The monoisotopic (exact) mass is 258 g/mol. The van der Waals surface area contributed by atoms with Gasteiger partial charge in [-0.3, -0.25) is 9.69 Å². The van der Waals surface area contributed by atoms with E-state index < -0.39 is 0 Å². The van der Waals surface area contributed by atoms with E-state index in [4.69, 9.17) is 0 Å². The Balaban J connectivity index is 1.45. The first-order chi connectivity index (χ1) is 9.31. The number of nitrogens with zero attached hydrogens (tertiary/aromatic N) is 1. The van der Waals surface area contributed by atoms with Crippen LogP contribution in [0.15, 0.2) is 30.3 Å². The highest BCUT2D eigenvalue weighted by atomic mass is 16.2. The fourth-order valence-corrected chi connectivity index (χ4v) is 2.74. The van der Waals surface area contributed by atoms with Gasteiger partial charge in [0.15, 0.2) is 0 Å². The van der Waals surface area contributed by atoms with Gasteiger partial charge >= 0.3 is 0 Å². The van der Waals surface area contributed by atoms with Gasteiger partial charge < -0.3 is 5.32 Å². The van der Waals surface area contributed by atoms with Crippen molar-refractivity contribution in [3.8, 4) is 0 Å². The van der Waals surface area contributed by atoms with Crippen LogP contribution in [0.25, 0.3) is 0 Å². The van der Waals surface area contributed by atoms with E-state index >= 15 is 0 Å². The van der Waals surface area contributed by atoms with Crippen molar-refractivity contribution in [2.75, 3.05) is 13.1 Å². The molecule has 0 aromatic heterocycles. The van der Waals surface area contributed by atoms with Gasteiger partial charge in [0, 0.05) is 18.5 Å². The molecule has 0 atom stereocenters. The van der Waals surface area contributed by atoms with Crippen LogP contribution in [0.4, 0.5) is 0 Å². The number of piperidine rings is 1. The Labute approximate surface area is 115 Å². The van der Waals surface area contributed by atoms with Gasteiger partial charge in [0.2, 0.25) is 5.91 Å². The van der Waals surface area contributed by atoms with E-state index in [1.165, 1.54) is 18.4 Å². The summed E-state index contributed by atoms with van der Waals surface area (Å²) < 4.78 is 0. The van der Waals surface area contributed by atoms with Gasteiger partial charge in [-0.15, -0.1) is 0 Å². The van der Waals surface area contributed by atoms with Gasteiger partial charge in [-0.2, -0.15) is 0 Å². The van der Waals surface area contributed by atoms with Crippen molar-refractivity contribution < 1.29 is 4.79 Å². The molecule has 2 fully saturated rings. The largest absolute Gasteiger partial charge is 0.353 e. The number of amides is 1. The third-order valence-electron chi connectivity index (χ3n) is 4.13. The molecule has 1 aromatic carbocycles. The first kappa shape index (κ1) is 12.7. The number of rotatable bonds is 4. The van der Waals surface area contributed by atoms with Crippen molar-refractivity contribution in [3.63, 3.8) is 0 Å². The Morgan fingerprint density at radius 1 is 1.11 bits per heavy atom. The third-order valence-corrected chi connectivity index (χ3v) is 4.13. The summed E-state index contributed by atoms with van der Waals surface area (Å²) in [4.78, 5) is 14.4. The van der Waals surface area contributed by atoms with Gasteiger partial charge in [0.1, 0.15) is 0 Å². The summed E-state index contributed by atoms with van der Waals surface area (Å²) in [7, 11) is 0. The molecule has 1 amide bonds. The summed E-state index contributed by atoms with van der Waals surface area (Å²) in [6.45, 7) is 3.09. The highest BCUT2D eigenvalue weighted by Gasteiger charge is 2.29. The van der Waals surface area contributed by atoms with Gasteiger partial charge in [-0.05, 0) is 44.3 Å². The minimum absolute atomic E-state index is 0.243. The van der Waals surface area contributed by atoms with Gasteiger partial charge in [-0.25, -0.2) is 0 Å². The van der Waals surface area contributed by atoms with Crippen LogP contribution in [0.3, 0.4) is 0 Å². The standard InChI is InChI=1S/C16H22N2O/c19-16(17-15-6-7-15)14-8-10-18(11-9-14)12-13-4-2-1-3-5-13/h1-5,14-15H,6-12H2,(H,17,19). The lowest BCUT2D eigenvalue weighted by Crippen LogP contribution is -2.40. The molecule has 1 aromatic rings.